The highest BCUT2D eigenvalue weighted by Crippen LogP contribution is 2.14. The Morgan fingerprint density at radius 1 is 0.444 bits per heavy atom. The molecule has 0 aromatic heterocycles. The Labute approximate surface area is 224 Å². The fourth-order valence-electron chi connectivity index (χ4n) is 3.39. The molecule has 0 aliphatic rings. The molecule has 0 fully saturated rings. The van der Waals surface area contributed by atoms with Crippen molar-refractivity contribution in [2.45, 2.75) is 126 Å². The third kappa shape index (κ3) is 28.6. The van der Waals surface area contributed by atoms with Gasteiger partial charge in [0.05, 0.1) is 13.2 Å². The number of unbranched alkanes of at least 4 members (excludes halogenated alkanes) is 1. The lowest BCUT2D eigenvalue weighted by molar-refractivity contribution is 0.0450. The summed E-state index contributed by atoms with van der Waals surface area (Å²) in [6, 6.07) is 0. The van der Waals surface area contributed by atoms with Crippen LogP contribution >= 0.6 is 0 Å². The molecule has 3 N–H and O–H groups in total. The predicted molar refractivity (Wildman–Crippen MR) is 160 cm³/mol. The Kier molecular flexibility index (Phi) is 25.3. The first-order chi connectivity index (χ1) is 17.0. The molecule has 0 aromatic rings. The molecule has 0 bridgehead atoms. The van der Waals surface area contributed by atoms with Crippen LogP contribution in [0.15, 0.2) is 69.9 Å². The van der Waals surface area contributed by atoms with Crippen LogP contribution in [0.3, 0.4) is 0 Å². The fourth-order valence-corrected chi connectivity index (χ4v) is 3.39. The SMILES string of the molecule is CC(C)=CCC/C(C)=C/CC/C(C)=C/CC/C=C(\C)CC/C=C(\C)CCC=C(C)C.OCC(O)CO. The van der Waals surface area contributed by atoms with Crippen molar-refractivity contribution in [3.05, 3.63) is 69.9 Å². The maximum Gasteiger partial charge on any atom is 0.100 e. The normalized spacial score (nSPS) is 12.9. The Bertz CT molecular complexity index is 662. The van der Waals surface area contributed by atoms with E-state index in [1.54, 1.807) is 0 Å². The molecule has 0 amide bonds. The summed E-state index contributed by atoms with van der Waals surface area (Å²) >= 11 is 0. The van der Waals surface area contributed by atoms with Crippen LogP contribution in [0, 0.1) is 0 Å². The van der Waals surface area contributed by atoms with Crippen molar-refractivity contribution in [1.29, 1.82) is 0 Å². The third-order valence-corrected chi connectivity index (χ3v) is 5.82. The summed E-state index contributed by atoms with van der Waals surface area (Å²) in [5.74, 6) is 0. The number of aliphatic hydroxyl groups is 3. The molecular weight excluding hydrogens is 444 g/mol. The van der Waals surface area contributed by atoms with E-state index in [2.05, 4.69) is 91.8 Å². The van der Waals surface area contributed by atoms with Crippen molar-refractivity contribution in [3.63, 3.8) is 0 Å². The van der Waals surface area contributed by atoms with Crippen molar-refractivity contribution in [1.82, 2.24) is 0 Å². The molecule has 3 nitrogen and oxygen atoms in total. The van der Waals surface area contributed by atoms with Gasteiger partial charge < -0.3 is 15.3 Å². The summed E-state index contributed by atoms with van der Waals surface area (Å²) < 4.78 is 0. The molecule has 0 spiro atoms. The first kappa shape index (κ1) is 36.5. The van der Waals surface area contributed by atoms with E-state index in [0.29, 0.717) is 0 Å². The van der Waals surface area contributed by atoms with E-state index < -0.39 is 6.10 Å². The average molecular weight is 503 g/mol. The minimum Gasteiger partial charge on any atom is -0.394 e. The van der Waals surface area contributed by atoms with Gasteiger partial charge in [-0.3, -0.25) is 0 Å². The summed E-state index contributed by atoms with van der Waals surface area (Å²) in [7, 11) is 0. The Hall–Kier alpha value is -1.68. The lowest BCUT2D eigenvalue weighted by Gasteiger charge is -2.02. The van der Waals surface area contributed by atoms with Gasteiger partial charge in [0.25, 0.3) is 0 Å². The van der Waals surface area contributed by atoms with Crippen LogP contribution in [0.25, 0.3) is 0 Å². The van der Waals surface area contributed by atoms with Crippen molar-refractivity contribution in [3.8, 4) is 0 Å². The van der Waals surface area contributed by atoms with Crippen LogP contribution in [0.2, 0.25) is 0 Å². The van der Waals surface area contributed by atoms with E-state index in [1.807, 2.05) is 0 Å². The molecular formula is C33H58O3. The zero-order valence-electron chi connectivity index (χ0n) is 24.9. The van der Waals surface area contributed by atoms with E-state index in [4.69, 9.17) is 15.3 Å². The monoisotopic (exact) mass is 502 g/mol. The fraction of sp³-hybridized carbons (Fsp3) is 0.636. The predicted octanol–water partition coefficient (Wildman–Crippen LogP) is 8.94. The molecule has 0 aliphatic carbocycles. The van der Waals surface area contributed by atoms with Gasteiger partial charge in [-0.15, -0.1) is 0 Å². The summed E-state index contributed by atoms with van der Waals surface area (Å²) in [5, 5.41) is 24.0. The molecule has 0 unspecified atom stereocenters. The van der Waals surface area contributed by atoms with Crippen molar-refractivity contribution >= 4 is 0 Å². The van der Waals surface area contributed by atoms with Crippen LogP contribution < -0.4 is 0 Å². The van der Waals surface area contributed by atoms with Crippen molar-refractivity contribution in [2.24, 2.45) is 0 Å². The molecule has 208 valence electrons. The molecule has 0 saturated carbocycles. The van der Waals surface area contributed by atoms with Crippen molar-refractivity contribution < 1.29 is 15.3 Å². The molecule has 0 aliphatic heterocycles. The van der Waals surface area contributed by atoms with Gasteiger partial charge in [-0.05, 0) is 120 Å². The molecule has 0 radical (unpaired) electrons. The van der Waals surface area contributed by atoms with Crippen LogP contribution in [-0.2, 0) is 0 Å². The third-order valence-electron chi connectivity index (χ3n) is 5.82. The zero-order valence-corrected chi connectivity index (χ0v) is 24.9. The first-order valence-corrected chi connectivity index (χ1v) is 13.8. The highest BCUT2D eigenvalue weighted by atomic mass is 16.3. The number of allylic oxidation sites excluding steroid dienone is 12. The second kappa shape index (κ2) is 25.0. The van der Waals surface area contributed by atoms with E-state index in [9.17, 15) is 0 Å². The quantitative estimate of drug-likeness (QED) is 0.137. The molecule has 0 atom stereocenters. The molecule has 36 heavy (non-hydrogen) atoms. The van der Waals surface area contributed by atoms with Gasteiger partial charge in [0, 0.05) is 0 Å². The number of hydrogen-bond acceptors (Lipinski definition) is 3. The summed E-state index contributed by atoms with van der Waals surface area (Å²) in [6.07, 6.45) is 25.3. The minimum atomic E-state index is -0.954. The Balaban J connectivity index is 0. The second-order valence-electron chi connectivity index (χ2n) is 10.5. The Morgan fingerprint density at radius 3 is 0.917 bits per heavy atom. The van der Waals surface area contributed by atoms with Crippen LogP contribution in [-0.4, -0.2) is 34.6 Å². The molecule has 0 saturated heterocycles. The van der Waals surface area contributed by atoms with Crippen molar-refractivity contribution in [2.75, 3.05) is 13.2 Å². The highest BCUT2D eigenvalue weighted by Gasteiger charge is 1.95. The van der Waals surface area contributed by atoms with Gasteiger partial charge >= 0.3 is 0 Å². The van der Waals surface area contributed by atoms with E-state index in [1.165, 1.54) is 97.6 Å². The van der Waals surface area contributed by atoms with Crippen LogP contribution in [0.5, 0.6) is 0 Å². The van der Waals surface area contributed by atoms with Gasteiger partial charge in [0.1, 0.15) is 6.10 Å². The standard InChI is InChI=1S/C30H50.C3H8O3/c1-25(2)15-11-19-29(7)23-13-21-27(5)17-9-10-18-28(6)22-14-24-30(8)20-12-16-26(3)4;4-1-3(6)2-5/h15-18,23-24H,9-14,19-22H2,1-8H3;3-6H,1-2H2/b27-17+,28-18+,29-23+,30-24+;. The molecule has 0 aromatic carbocycles. The Morgan fingerprint density at radius 2 is 0.694 bits per heavy atom. The lowest BCUT2D eigenvalue weighted by atomic mass is 10.0. The van der Waals surface area contributed by atoms with Gasteiger partial charge in [0.2, 0.25) is 0 Å². The van der Waals surface area contributed by atoms with Crippen LogP contribution in [0.4, 0.5) is 0 Å². The largest absolute Gasteiger partial charge is 0.394 e. The van der Waals surface area contributed by atoms with Gasteiger partial charge in [-0.25, -0.2) is 0 Å². The topological polar surface area (TPSA) is 60.7 Å². The number of rotatable bonds is 17. The van der Waals surface area contributed by atoms with E-state index in [0.717, 1.165) is 0 Å². The maximum absolute atomic E-state index is 8.17. The highest BCUT2D eigenvalue weighted by molar-refractivity contribution is 5.08. The average Bonchev–Trinajstić information content (AvgIpc) is 2.81. The molecule has 0 rings (SSSR count). The molecule has 3 heteroatoms. The van der Waals surface area contributed by atoms with E-state index >= 15 is 0 Å². The lowest BCUT2D eigenvalue weighted by Crippen LogP contribution is -2.15. The zero-order chi connectivity index (χ0) is 27.8. The maximum atomic E-state index is 8.17. The summed E-state index contributed by atoms with van der Waals surface area (Å²) in [6.45, 7) is 17.1. The van der Waals surface area contributed by atoms with Crippen LogP contribution in [0.1, 0.15) is 120 Å². The summed E-state index contributed by atoms with van der Waals surface area (Å²) in [5.41, 5.74) is 8.97. The number of hydrogen-bond donors (Lipinski definition) is 3. The van der Waals surface area contributed by atoms with Gasteiger partial charge in [-0.1, -0.05) is 69.9 Å². The van der Waals surface area contributed by atoms with E-state index in [-0.39, 0.29) is 13.2 Å². The molecule has 0 heterocycles. The smallest absolute Gasteiger partial charge is 0.100 e. The number of aliphatic hydroxyl groups excluding tert-OH is 3. The van der Waals surface area contributed by atoms with Gasteiger partial charge in [0.15, 0.2) is 0 Å². The van der Waals surface area contributed by atoms with Gasteiger partial charge in [-0.2, -0.15) is 0 Å². The minimum absolute atomic E-state index is 0.365. The second-order valence-corrected chi connectivity index (χ2v) is 10.5. The summed E-state index contributed by atoms with van der Waals surface area (Å²) in [4.78, 5) is 0. The first-order valence-electron chi connectivity index (χ1n) is 13.8.